The summed E-state index contributed by atoms with van der Waals surface area (Å²) in [6.45, 7) is 0. The van der Waals surface area contributed by atoms with Crippen LogP contribution < -0.4 is 9.47 Å². The summed E-state index contributed by atoms with van der Waals surface area (Å²) in [5.74, 6) is -2.27. The Labute approximate surface area is 160 Å². The van der Waals surface area contributed by atoms with Gasteiger partial charge in [-0.3, -0.25) is 10.1 Å². The molecule has 0 bridgehead atoms. The van der Waals surface area contributed by atoms with Crippen molar-refractivity contribution in [2.24, 2.45) is 0 Å². The quantitative estimate of drug-likeness (QED) is 0.398. The van der Waals surface area contributed by atoms with Gasteiger partial charge in [0.05, 0.1) is 15.5 Å². The molecule has 0 heterocycles. The highest BCUT2D eigenvalue weighted by Gasteiger charge is 2.31. The lowest BCUT2D eigenvalue weighted by Crippen LogP contribution is -2.29. The second-order valence-corrected chi connectivity index (χ2v) is 5.56. The molecule has 1 atom stereocenters. The molecule has 2 aromatic rings. The van der Waals surface area contributed by atoms with E-state index in [0.717, 1.165) is 37.4 Å². The Morgan fingerprint density at radius 1 is 1.21 bits per heavy atom. The molecule has 8 nitrogen and oxygen atoms in total. The van der Waals surface area contributed by atoms with Gasteiger partial charge in [-0.25, -0.2) is 4.79 Å². The number of rotatable bonds is 7. The number of ether oxygens (including phenoxy) is 3. The SMILES string of the molecule is COC(Oc1cc(Oc2ccc(C(F)(F)F)cc2Cl)ccc1[N+](=O)[O-])C(=O)O. The van der Waals surface area contributed by atoms with Gasteiger partial charge in [-0.2, -0.15) is 13.2 Å². The molecule has 28 heavy (non-hydrogen) atoms. The third kappa shape index (κ3) is 5.02. The van der Waals surface area contributed by atoms with Crippen molar-refractivity contribution < 1.29 is 42.2 Å². The van der Waals surface area contributed by atoms with Gasteiger partial charge < -0.3 is 19.3 Å². The van der Waals surface area contributed by atoms with E-state index in [1.807, 2.05) is 0 Å². The summed E-state index contributed by atoms with van der Waals surface area (Å²) in [4.78, 5) is 21.3. The Bertz CT molecular complexity index is 904. The van der Waals surface area contributed by atoms with Gasteiger partial charge in [-0.1, -0.05) is 11.6 Å². The predicted octanol–water partition coefficient (Wildman–Crippen LogP) is 4.50. The molecule has 1 unspecified atom stereocenters. The van der Waals surface area contributed by atoms with E-state index < -0.39 is 40.4 Å². The lowest BCUT2D eigenvalue weighted by atomic mass is 10.2. The molecule has 2 rings (SSSR count). The van der Waals surface area contributed by atoms with Crippen molar-refractivity contribution in [2.75, 3.05) is 7.11 Å². The molecular formula is C16H11ClF3NO7. The Kier molecular flexibility index (Phi) is 6.31. The first kappa shape index (κ1) is 21.3. The number of nitro benzene ring substituents is 1. The molecule has 0 fully saturated rings. The molecule has 0 aliphatic heterocycles. The Morgan fingerprint density at radius 3 is 2.39 bits per heavy atom. The lowest BCUT2D eigenvalue weighted by molar-refractivity contribution is -0.386. The van der Waals surface area contributed by atoms with E-state index in [1.165, 1.54) is 0 Å². The average molecular weight is 422 g/mol. The summed E-state index contributed by atoms with van der Waals surface area (Å²) in [6, 6.07) is 5.47. The molecule has 0 saturated heterocycles. The van der Waals surface area contributed by atoms with Crippen molar-refractivity contribution in [2.45, 2.75) is 12.5 Å². The molecule has 0 amide bonds. The normalized spacial score (nSPS) is 12.3. The first-order chi connectivity index (χ1) is 13.0. The number of hydrogen-bond donors (Lipinski definition) is 1. The zero-order valence-electron chi connectivity index (χ0n) is 13.9. The van der Waals surface area contributed by atoms with Crippen LogP contribution in [0.15, 0.2) is 36.4 Å². The van der Waals surface area contributed by atoms with Crippen LogP contribution in [0.2, 0.25) is 5.02 Å². The molecule has 0 radical (unpaired) electrons. The highest BCUT2D eigenvalue weighted by molar-refractivity contribution is 6.32. The largest absolute Gasteiger partial charge is 0.477 e. The van der Waals surface area contributed by atoms with Crippen LogP contribution in [0.3, 0.4) is 0 Å². The van der Waals surface area contributed by atoms with Crippen LogP contribution in [-0.4, -0.2) is 29.4 Å². The van der Waals surface area contributed by atoms with E-state index in [2.05, 4.69) is 4.74 Å². The van der Waals surface area contributed by atoms with E-state index in [0.29, 0.717) is 6.07 Å². The minimum Gasteiger partial charge on any atom is -0.477 e. The summed E-state index contributed by atoms with van der Waals surface area (Å²) < 4.78 is 52.9. The van der Waals surface area contributed by atoms with Gasteiger partial charge in [0.15, 0.2) is 0 Å². The van der Waals surface area contributed by atoms with Crippen LogP contribution in [0.25, 0.3) is 0 Å². The summed E-state index contributed by atoms with van der Waals surface area (Å²) in [5.41, 5.74) is -1.56. The topological polar surface area (TPSA) is 108 Å². The van der Waals surface area contributed by atoms with Crippen molar-refractivity contribution in [3.05, 3.63) is 57.1 Å². The van der Waals surface area contributed by atoms with E-state index in [-0.39, 0.29) is 16.5 Å². The summed E-state index contributed by atoms with van der Waals surface area (Å²) >= 11 is 5.79. The number of alkyl halides is 3. The molecule has 2 aromatic carbocycles. The fraction of sp³-hybridized carbons (Fsp3) is 0.188. The van der Waals surface area contributed by atoms with Crippen LogP contribution in [-0.2, 0) is 15.7 Å². The molecule has 12 heteroatoms. The van der Waals surface area contributed by atoms with Gasteiger partial charge >= 0.3 is 17.8 Å². The number of halogens is 4. The average Bonchev–Trinajstić information content (AvgIpc) is 2.60. The lowest BCUT2D eigenvalue weighted by Gasteiger charge is -2.15. The highest BCUT2D eigenvalue weighted by Crippen LogP contribution is 2.38. The second-order valence-electron chi connectivity index (χ2n) is 5.16. The Hall–Kier alpha value is -3.05. The zero-order valence-corrected chi connectivity index (χ0v) is 14.7. The molecule has 0 aliphatic rings. The molecule has 1 N–H and O–H groups in total. The molecule has 0 aromatic heterocycles. The number of nitro groups is 1. The van der Waals surface area contributed by atoms with E-state index in [1.54, 1.807) is 0 Å². The number of benzene rings is 2. The minimum absolute atomic E-state index is 0.0949. The smallest absolute Gasteiger partial charge is 0.416 e. The van der Waals surface area contributed by atoms with Crippen LogP contribution in [0.4, 0.5) is 18.9 Å². The number of methoxy groups -OCH3 is 1. The first-order valence-electron chi connectivity index (χ1n) is 7.28. The van der Waals surface area contributed by atoms with Crippen LogP contribution in [0.1, 0.15) is 5.56 Å². The number of carbonyl (C=O) groups is 1. The Morgan fingerprint density at radius 2 is 1.89 bits per heavy atom. The number of hydrogen-bond acceptors (Lipinski definition) is 6. The van der Waals surface area contributed by atoms with Gasteiger partial charge in [-0.15, -0.1) is 0 Å². The zero-order chi connectivity index (χ0) is 21.1. The van der Waals surface area contributed by atoms with Crippen LogP contribution in [0.5, 0.6) is 17.2 Å². The minimum atomic E-state index is -4.59. The van der Waals surface area contributed by atoms with Crippen molar-refractivity contribution in [1.82, 2.24) is 0 Å². The third-order valence-electron chi connectivity index (χ3n) is 3.26. The highest BCUT2D eigenvalue weighted by atomic mass is 35.5. The van der Waals surface area contributed by atoms with Crippen molar-refractivity contribution in [1.29, 1.82) is 0 Å². The van der Waals surface area contributed by atoms with Crippen molar-refractivity contribution >= 4 is 23.3 Å². The van der Waals surface area contributed by atoms with Gasteiger partial charge in [0.1, 0.15) is 11.5 Å². The second kappa shape index (κ2) is 8.31. The summed E-state index contributed by atoms with van der Waals surface area (Å²) in [7, 11) is 1.02. The van der Waals surface area contributed by atoms with E-state index in [9.17, 15) is 28.1 Å². The van der Waals surface area contributed by atoms with Crippen LogP contribution in [0, 0.1) is 10.1 Å². The van der Waals surface area contributed by atoms with Crippen LogP contribution >= 0.6 is 11.6 Å². The predicted molar refractivity (Wildman–Crippen MR) is 88.7 cm³/mol. The molecular weight excluding hydrogens is 411 g/mol. The molecule has 0 spiro atoms. The number of nitrogens with zero attached hydrogens (tertiary/aromatic N) is 1. The number of carboxylic acid groups (broad SMARTS) is 1. The monoisotopic (exact) mass is 421 g/mol. The molecule has 0 saturated carbocycles. The maximum Gasteiger partial charge on any atom is 0.416 e. The summed E-state index contributed by atoms with van der Waals surface area (Å²) in [6.07, 6.45) is -6.42. The number of carboxylic acids is 1. The van der Waals surface area contributed by atoms with Crippen molar-refractivity contribution in [3.63, 3.8) is 0 Å². The van der Waals surface area contributed by atoms with E-state index >= 15 is 0 Å². The molecule has 0 aliphatic carbocycles. The van der Waals surface area contributed by atoms with Crippen molar-refractivity contribution in [3.8, 4) is 17.2 Å². The fourth-order valence-corrected chi connectivity index (χ4v) is 2.22. The maximum atomic E-state index is 12.7. The summed E-state index contributed by atoms with van der Waals surface area (Å²) in [5, 5.41) is 19.7. The fourth-order valence-electron chi connectivity index (χ4n) is 2.00. The third-order valence-corrected chi connectivity index (χ3v) is 3.56. The van der Waals surface area contributed by atoms with E-state index in [4.69, 9.17) is 26.2 Å². The van der Waals surface area contributed by atoms with Gasteiger partial charge in [0.2, 0.25) is 5.75 Å². The molecule has 150 valence electrons. The first-order valence-corrected chi connectivity index (χ1v) is 7.66. The van der Waals surface area contributed by atoms with Gasteiger partial charge in [-0.05, 0) is 24.3 Å². The van der Waals surface area contributed by atoms with Gasteiger partial charge in [0, 0.05) is 19.2 Å². The number of aliphatic carboxylic acids is 1. The van der Waals surface area contributed by atoms with Gasteiger partial charge in [0.25, 0.3) is 6.29 Å². The Balaban J connectivity index is 2.35. The maximum absolute atomic E-state index is 12.7. The standard InChI is InChI=1S/C16H11ClF3NO7/c1-26-15(14(22)23)28-13-7-9(3-4-11(13)21(24)25)27-12-5-2-8(6-10(12)17)16(18,19)20/h2-7,15H,1H3,(H,22,23).